The molecular weight excluding hydrogens is 324 g/mol. The quantitative estimate of drug-likeness (QED) is 0.713. The second kappa shape index (κ2) is 7.97. The summed E-state index contributed by atoms with van der Waals surface area (Å²) in [7, 11) is 0. The van der Waals surface area contributed by atoms with Crippen molar-refractivity contribution in [3.8, 4) is 5.69 Å². The zero-order valence-electron chi connectivity index (χ0n) is 15.4. The number of aryl methyl sites for hydroxylation is 2. The summed E-state index contributed by atoms with van der Waals surface area (Å²) in [6.07, 6.45) is 0. The number of anilines is 1. The smallest absolute Gasteiger partial charge is 0.239 e. The van der Waals surface area contributed by atoms with Crippen LogP contribution in [-0.2, 0) is 4.79 Å². The minimum atomic E-state index is -0.0963. The molecule has 0 saturated carbocycles. The van der Waals surface area contributed by atoms with Crippen molar-refractivity contribution < 1.29 is 4.79 Å². The number of hydrogen-bond acceptors (Lipinski definition) is 3. The van der Waals surface area contributed by atoms with Gasteiger partial charge in [0, 0.05) is 12.1 Å². The Morgan fingerprint density at radius 1 is 1.08 bits per heavy atom. The van der Waals surface area contributed by atoms with Crippen LogP contribution in [0.3, 0.4) is 0 Å². The first-order valence-electron chi connectivity index (χ1n) is 8.75. The molecule has 0 spiro atoms. The van der Waals surface area contributed by atoms with Gasteiger partial charge in [0.15, 0.2) is 0 Å². The van der Waals surface area contributed by atoms with Crippen LogP contribution in [0.5, 0.6) is 0 Å². The van der Waals surface area contributed by atoms with E-state index < -0.39 is 0 Å². The fourth-order valence-corrected chi connectivity index (χ4v) is 2.76. The van der Waals surface area contributed by atoms with Gasteiger partial charge in [0.25, 0.3) is 0 Å². The molecule has 0 aliphatic rings. The topological polar surface area (TPSA) is 59.0 Å². The van der Waals surface area contributed by atoms with Gasteiger partial charge in [-0.05, 0) is 38.5 Å². The molecule has 134 valence electrons. The van der Waals surface area contributed by atoms with E-state index in [1.807, 2.05) is 81.4 Å². The van der Waals surface area contributed by atoms with Crippen LogP contribution < -0.4 is 10.6 Å². The Morgan fingerprint density at radius 2 is 1.77 bits per heavy atom. The minimum absolute atomic E-state index is 0.0963. The lowest BCUT2D eigenvalue weighted by atomic mass is 10.1. The Kier molecular flexibility index (Phi) is 5.49. The van der Waals surface area contributed by atoms with Crippen LogP contribution in [0.15, 0.2) is 60.7 Å². The van der Waals surface area contributed by atoms with E-state index in [1.165, 1.54) is 5.56 Å². The first kappa shape index (κ1) is 17.9. The van der Waals surface area contributed by atoms with Gasteiger partial charge in [-0.2, -0.15) is 5.10 Å². The maximum atomic E-state index is 12.4. The third-order valence-corrected chi connectivity index (χ3v) is 4.25. The van der Waals surface area contributed by atoms with E-state index in [2.05, 4.69) is 15.7 Å². The van der Waals surface area contributed by atoms with Crippen molar-refractivity contribution in [2.75, 3.05) is 11.9 Å². The van der Waals surface area contributed by atoms with E-state index in [-0.39, 0.29) is 18.5 Å². The van der Waals surface area contributed by atoms with Crippen LogP contribution in [0.25, 0.3) is 5.69 Å². The van der Waals surface area contributed by atoms with E-state index in [0.717, 1.165) is 16.9 Å². The summed E-state index contributed by atoms with van der Waals surface area (Å²) in [5.74, 6) is 0.576. The first-order valence-corrected chi connectivity index (χ1v) is 8.75. The summed E-state index contributed by atoms with van der Waals surface area (Å²) < 4.78 is 1.76. The zero-order valence-corrected chi connectivity index (χ0v) is 15.4. The third kappa shape index (κ3) is 4.37. The molecule has 3 aromatic rings. The molecule has 0 bridgehead atoms. The molecular formula is C21H24N4O. The third-order valence-electron chi connectivity index (χ3n) is 4.25. The van der Waals surface area contributed by atoms with Crippen LogP contribution in [0.1, 0.15) is 29.8 Å². The molecule has 1 amide bonds. The fraction of sp³-hybridized carbons (Fsp3) is 0.238. The first-order chi connectivity index (χ1) is 12.5. The summed E-state index contributed by atoms with van der Waals surface area (Å²) in [6.45, 7) is 6.23. The van der Waals surface area contributed by atoms with Crippen molar-refractivity contribution in [2.24, 2.45) is 0 Å². The molecule has 0 saturated heterocycles. The number of hydrogen-bond donors (Lipinski definition) is 2. The zero-order chi connectivity index (χ0) is 18.5. The maximum absolute atomic E-state index is 12.4. The van der Waals surface area contributed by atoms with Gasteiger partial charge in [0.05, 0.1) is 17.9 Å². The van der Waals surface area contributed by atoms with E-state index in [9.17, 15) is 4.79 Å². The molecule has 26 heavy (non-hydrogen) atoms. The molecule has 2 aromatic carbocycles. The second-order valence-electron chi connectivity index (χ2n) is 6.48. The standard InChI is InChI=1S/C21H24N4O/c1-15-9-11-19(12-10-15)25-20(13-16(2)24-25)23-21(26)14-22-17(3)18-7-5-4-6-8-18/h4-13,17,22H,14H2,1-3H3,(H,23,26)/t17-/m1/s1. The molecule has 1 heterocycles. The van der Waals surface area contributed by atoms with Gasteiger partial charge in [0.2, 0.25) is 5.91 Å². The van der Waals surface area contributed by atoms with Gasteiger partial charge in [-0.3, -0.25) is 4.79 Å². The van der Waals surface area contributed by atoms with Gasteiger partial charge in [-0.25, -0.2) is 4.68 Å². The number of amides is 1. The number of nitrogens with one attached hydrogen (secondary N) is 2. The Bertz CT molecular complexity index is 869. The molecule has 1 atom stereocenters. The summed E-state index contributed by atoms with van der Waals surface area (Å²) in [5.41, 5.74) is 4.11. The van der Waals surface area contributed by atoms with Gasteiger partial charge in [-0.15, -0.1) is 0 Å². The number of aromatic nitrogens is 2. The average molecular weight is 348 g/mol. The number of nitrogens with zero attached hydrogens (tertiary/aromatic N) is 2. The van der Waals surface area contributed by atoms with E-state index in [4.69, 9.17) is 0 Å². The molecule has 1 aromatic heterocycles. The highest BCUT2D eigenvalue weighted by Gasteiger charge is 2.12. The highest BCUT2D eigenvalue weighted by Crippen LogP contribution is 2.18. The number of rotatable bonds is 6. The Hall–Kier alpha value is -2.92. The highest BCUT2D eigenvalue weighted by molar-refractivity contribution is 5.91. The number of carbonyl (C=O) groups is 1. The minimum Gasteiger partial charge on any atom is -0.309 e. The Morgan fingerprint density at radius 3 is 2.46 bits per heavy atom. The van der Waals surface area contributed by atoms with Crippen molar-refractivity contribution >= 4 is 11.7 Å². The summed E-state index contributed by atoms with van der Waals surface area (Å²) >= 11 is 0. The summed E-state index contributed by atoms with van der Waals surface area (Å²) in [5, 5.41) is 10.7. The van der Waals surface area contributed by atoms with Crippen LogP contribution in [0.4, 0.5) is 5.82 Å². The van der Waals surface area contributed by atoms with Crippen molar-refractivity contribution in [1.82, 2.24) is 15.1 Å². The average Bonchev–Trinajstić information content (AvgIpc) is 3.01. The Balaban J connectivity index is 1.65. The SMILES string of the molecule is Cc1ccc(-n2nc(C)cc2NC(=O)CN[C@H](C)c2ccccc2)cc1. The summed E-state index contributed by atoms with van der Waals surface area (Å²) in [6, 6.07) is 20.1. The van der Waals surface area contributed by atoms with E-state index in [0.29, 0.717) is 5.82 Å². The molecule has 0 radical (unpaired) electrons. The normalized spacial score (nSPS) is 12.0. The predicted octanol–water partition coefficient (Wildman–Crippen LogP) is 3.78. The van der Waals surface area contributed by atoms with Crippen LogP contribution >= 0.6 is 0 Å². The number of carbonyl (C=O) groups excluding carboxylic acids is 1. The molecule has 0 fully saturated rings. The van der Waals surface area contributed by atoms with Crippen LogP contribution in [-0.4, -0.2) is 22.2 Å². The lowest BCUT2D eigenvalue weighted by Gasteiger charge is -2.14. The van der Waals surface area contributed by atoms with Crippen molar-refractivity contribution in [3.05, 3.63) is 77.5 Å². The lowest BCUT2D eigenvalue weighted by molar-refractivity contribution is -0.115. The second-order valence-corrected chi connectivity index (χ2v) is 6.48. The van der Waals surface area contributed by atoms with Crippen LogP contribution in [0.2, 0.25) is 0 Å². The Labute approximate surface area is 154 Å². The monoisotopic (exact) mass is 348 g/mol. The van der Waals surface area contributed by atoms with Gasteiger partial charge in [-0.1, -0.05) is 48.0 Å². The maximum Gasteiger partial charge on any atom is 0.239 e. The highest BCUT2D eigenvalue weighted by atomic mass is 16.2. The molecule has 3 rings (SSSR count). The van der Waals surface area contributed by atoms with Crippen molar-refractivity contribution in [1.29, 1.82) is 0 Å². The van der Waals surface area contributed by atoms with Crippen molar-refractivity contribution in [2.45, 2.75) is 26.8 Å². The summed E-state index contributed by atoms with van der Waals surface area (Å²) in [4.78, 5) is 12.4. The van der Waals surface area contributed by atoms with E-state index in [1.54, 1.807) is 4.68 Å². The molecule has 0 aliphatic heterocycles. The lowest BCUT2D eigenvalue weighted by Crippen LogP contribution is -2.30. The molecule has 0 unspecified atom stereocenters. The van der Waals surface area contributed by atoms with Gasteiger partial charge >= 0.3 is 0 Å². The molecule has 5 heteroatoms. The predicted molar refractivity (Wildman–Crippen MR) is 105 cm³/mol. The number of benzene rings is 2. The molecule has 2 N–H and O–H groups in total. The molecule has 5 nitrogen and oxygen atoms in total. The van der Waals surface area contributed by atoms with E-state index >= 15 is 0 Å². The van der Waals surface area contributed by atoms with Crippen molar-refractivity contribution in [3.63, 3.8) is 0 Å². The van der Waals surface area contributed by atoms with Crippen LogP contribution in [0, 0.1) is 13.8 Å². The van der Waals surface area contributed by atoms with Gasteiger partial charge < -0.3 is 10.6 Å². The van der Waals surface area contributed by atoms with Gasteiger partial charge in [0.1, 0.15) is 5.82 Å². The molecule has 0 aliphatic carbocycles. The largest absolute Gasteiger partial charge is 0.309 e. The fourth-order valence-electron chi connectivity index (χ4n) is 2.76.